The molecule has 0 saturated heterocycles. The minimum Gasteiger partial charge on any atom is -0.382 e. The Morgan fingerprint density at radius 3 is 2.50 bits per heavy atom. The molecular formula is C22H26FN. The van der Waals surface area contributed by atoms with Gasteiger partial charge in [0, 0.05) is 17.3 Å². The fourth-order valence-electron chi connectivity index (χ4n) is 2.87. The predicted molar refractivity (Wildman–Crippen MR) is 101 cm³/mol. The molecule has 1 saturated carbocycles. The fourth-order valence-corrected chi connectivity index (χ4v) is 2.87. The summed E-state index contributed by atoms with van der Waals surface area (Å²) in [5.74, 6) is 0.486. The van der Waals surface area contributed by atoms with Crippen molar-refractivity contribution in [3.8, 4) is 0 Å². The van der Waals surface area contributed by atoms with Gasteiger partial charge in [0.15, 0.2) is 0 Å². The molecule has 0 atom stereocenters. The molecule has 0 unspecified atom stereocenters. The van der Waals surface area contributed by atoms with Crippen LogP contribution in [0.2, 0.25) is 0 Å². The van der Waals surface area contributed by atoms with E-state index >= 15 is 0 Å². The van der Waals surface area contributed by atoms with E-state index in [2.05, 4.69) is 49.5 Å². The zero-order chi connectivity index (χ0) is 16.9. The lowest BCUT2D eigenvalue weighted by atomic mass is 9.94. The molecule has 0 amide bonds. The zero-order valence-corrected chi connectivity index (χ0v) is 14.6. The molecule has 2 aromatic carbocycles. The lowest BCUT2D eigenvalue weighted by Crippen LogP contribution is -2.04. The van der Waals surface area contributed by atoms with E-state index in [0.29, 0.717) is 12.0 Å². The molecule has 0 bridgehead atoms. The molecular weight excluding hydrogens is 297 g/mol. The largest absolute Gasteiger partial charge is 0.382 e. The Hall–Kier alpha value is -2.09. The van der Waals surface area contributed by atoms with Crippen molar-refractivity contribution < 1.29 is 4.39 Å². The summed E-state index contributed by atoms with van der Waals surface area (Å²) in [5.41, 5.74) is 4.66. The Kier molecular flexibility index (Phi) is 5.34. The third kappa shape index (κ3) is 4.47. The second-order valence-corrected chi connectivity index (χ2v) is 7.06. The van der Waals surface area contributed by atoms with Crippen LogP contribution in [0.3, 0.4) is 0 Å². The normalized spacial score (nSPS) is 14.9. The van der Waals surface area contributed by atoms with Gasteiger partial charge in [-0.3, -0.25) is 0 Å². The van der Waals surface area contributed by atoms with Gasteiger partial charge in [-0.15, -0.1) is 0 Å². The third-order valence-corrected chi connectivity index (χ3v) is 4.40. The summed E-state index contributed by atoms with van der Waals surface area (Å²) in [6.07, 6.45) is 6.99. The van der Waals surface area contributed by atoms with Crippen LogP contribution in [0.1, 0.15) is 50.7 Å². The highest BCUT2D eigenvalue weighted by molar-refractivity contribution is 5.86. The molecule has 1 aliphatic rings. The number of para-hydroxylation sites is 1. The highest BCUT2D eigenvalue weighted by atomic mass is 19.1. The van der Waals surface area contributed by atoms with E-state index in [9.17, 15) is 4.39 Å². The first kappa shape index (κ1) is 16.8. The van der Waals surface area contributed by atoms with Crippen LogP contribution in [0, 0.1) is 11.7 Å². The number of hydrogen-bond donors (Lipinski definition) is 1. The smallest absolute Gasteiger partial charge is 0.123 e. The first-order chi connectivity index (χ1) is 11.6. The summed E-state index contributed by atoms with van der Waals surface area (Å²) in [5, 5.41) is 3.63. The van der Waals surface area contributed by atoms with Gasteiger partial charge < -0.3 is 5.32 Å². The molecule has 3 rings (SSSR count). The second kappa shape index (κ2) is 7.65. The lowest BCUT2D eigenvalue weighted by molar-refractivity contribution is 0.594. The van der Waals surface area contributed by atoms with E-state index in [1.54, 1.807) is 12.1 Å². The van der Waals surface area contributed by atoms with Crippen LogP contribution in [0.5, 0.6) is 0 Å². The number of allylic oxidation sites excluding steroid dienone is 1. The SMILES string of the molecule is CC(C)CC/C=C(\c1ccc(F)cc1)c1ccccc1NC1CC1. The van der Waals surface area contributed by atoms with Gasteiger partial charge in [0.05, 0.1) is 0 Å². The standard InChI is InChI=1S/C22H26FN/c1-16(2)6-5-8-20(17-10-12-18(23)13-11-17)21-7-3-4-9-22(21)24-19-14-15-19/h3-4,7-13,16,19,24H,5-6,14-15H2,1-2H3/b20-8+. The first-order valence-corrected chi connectivity index (χ1v) is 8.95. The van der Waals surface area contributed by atoms with Crippen molar-refractivity contribution in [2.45, 2.75) is 45.6 Å². The molecule has 1 nitrogen and oxygen atoms in total. The van der Waals surface area contributed by atoms with Gasteiger partial charge in [-0.2, -0.15) is 0 Å². The van der Waals surface area contributed by atoms with Crippen molar-refractivity contribution in [2.24, 2.45) is 5.92 Å². The number of benzene rings is 2. The van der Waals surface area contributed by atoms with E-state index in [1.807, 2.05) is 12.1 Å². The Labute approximate surface area is 144 Å². The summed E-state index contributed by atoms with van der Waals surface area (Å²) in [4.78, 5) is 0. The van der Waals surface area contributed by atoms with E-state index < -0.39 is 0 Å². The molecule has 0 aliphatic heterocycles. The van der Waals surface area contributed by atoms with Crippen LogP contribution >= 0.6 is 0 Å². The maximum atomic E-state index is 13.3. The number of hydrogen-bond acceptors (Lipinski definition) is 1. The number of rotatable bonds is 7. The summed E-state index contributed by atoms with van der Waals surface area (Å²) in [6.45, 7) is 4.49. The van der Waals surface area contributed by atoms with Crippen LogP contribution < -0.4 is 5.32 Å². The van der Waals surface area contributed by atoms with E-state index in [-0.39, 0.29) is 5.82 Å². The van der Waals surface area contributed by atoms with Crippen molar-refractivity contribution in [2.75, 3.05) is 5.32 Å². The van der Waals surface area contributed by atoms with Crippen molar-refractivity contribution in [3.63, 3.8) is 0 Å². The van der Waals surface area contributed by atoms with E-state index in [4.69, 9.17) is 0 Å². The van der Waals surface area contributed by atoms with Gasteiger partial charge in [0.1, 0.15) is 5.82 Å². The molecule has 2 heteroatoms. The molecule has 1 fully saturated rings. The average Bonchev–Trinajstić information content (AvgIpc) is 3.37. The van der Waals surface area contributed by atoms with Crippen molar-refractivity contribution in [3.05, 3.63) is 71.6 Å². The summed E-state index contributed by atoms with van der Waals surface area (Å²) in [7, 11) is 0. The highest BCUT2D eigenvalue weighted by Gasteiger charge is 2.22. The van der Waals surface area contributed by atoms with Gasteiger partial charge in [0.2, 0.25) is 0 Å². The quantitative estimate of drug-likeness (QED) is 0.633. The molecule has 1 aliphatic carbocycles. The molecule has 0 radical (unpaired) electrons. The Balaban J connectivity index is 1.96. The van der Waals surface area contributed by atoms with E-state index in [0.717, 1.165) is 18.4 Å². The minimum atomic E-state index is -0.190. The Morgan fingerprint density at radius 1 is 1.12 bits per heavy atom. The Morgan fingerprint density at radius 2 is 1.83 bits per heavy atom. The van der Waals surface area contributed by atoms with Crippen LogP contribution in [0.25, 0.3) is 5.57 Å². The van der Waals surface area contributed by atoms with Gasteiger partial charge in [-0.1, -0.05) is 50.3 Å². The third-order valence-electron chi connectivity index (χ3n) is 4.40. The molecule has 0 aromatic heterocycles. The van der Waals surface area contributed by atoms with Crippen molar-refractivity contribution in [1.82, 2.24) is 0 Å². The molecule has 126 valence electrons. The Bertz CT molecular complexity index is 696. The van der Waals surface area contributed by atoms with Crippen LogP contribution in [0.4, 0.5) is 10.1 Å². The van der Waals surface area contributed by atoms with E-state index in [1.165, 1.54) is 29.7 Å². The highest BCUT2D eigenvalue weighted by Crippen LogP contribution is 2.33. The zero-order valence-electron chi connectivity index (χ0n) is 14.6. The molecule has 0 spiro atoms. The molecule has 2 aromatic rings. The fraction of sp³-hybridized carbons (Fsp3) is 0.364. The number of nitrogens with one attached hydrogen (secondary N) is 1. The second-order valence-electron chi connectivity index (χ2n) is 7.06. The minimum absolute atomic E-state index is 0.190. The lowest BCUT2D eigenvalue weighted by Gasteiger charge is -2.16. The van der Waals surface area contributed by atoms with Gasteiger partial charge in [0.25, 0.3) is 0 Å². The predicted octanol–water partition coefficient (Wildman–Crippen LogP) is 6.27. The average molecular weight is 323 g/mol. The van der Waals surface area contributed by atoms with Crippen LogP contribution in [-0.4, -0.2) is 6.04 Å². The summed E-state index contributed by atoms with van der Waals surface area (Å²) in [6, 6.07) is 15.9. The first-order valence-electron chi connectivity index (χ1n) is 8.95. The number of anilines is 1. The monoisotopic (exact) mass is 323 g/mol. The number of halogens is 1. The molecule has 1 N–H and O–H groups in total. The van der Waals surface area contributed by atoms with Gasteiger partial charge >= 0.3 is 0 Å². The van der Waals surface area contributed by atoms with Gasteiger partial charge in [-0.05, 0) is 60.9 Å². The maximum Gasteiger partial charge on any atom is 0.123 e. The van der Waals surface area contributed by atoms with Crippen molar-refractivity contribution >= 4 is 11.3 Å². The summed E-state index contributed by atoms with van der Waals surface area (Å²) >= 11 is 0. The van der Waals surface area contributed by atoms with Crippen molar-refractivity contribution in [1.29, 1.82) is 0 Å². The molecule has 24 heavy (non-hydrogen) atoms. The maximum absolute atomic E-state index is 13.3. The molecule has 0 heterocycles. The topological polar surface area (TPSA) is 12.0 Å². The van der Waals surface area contributed by atoms with Crippen LogP contribution in [-0.2, 0) is 0 Å². The summed E-state index contributed by atoms with van der Waals surface area (Å²) < 4.78 is 13.3. The van der Waals surface area contributed by atoms with Crippen LogP contribution in [0.15, 0.2) is 54.6 Å². The van der Waals surface area contributed by atoms with Gasteiger partial charge in [-0.25, -0.2) is 4.39 Å².